The Bertz CT molecular complexity index is 496. The molecule has 0 amide bonds. The van der Waals surface area contributed by atoms with Gasteiger partial charge in [-0.25, -0.2) is 4.39 Å². The summed E-state index contributed by atoms with van der Waals surface area (Å²) in [6, 6.07) is 4.96. The van der Waals surface area contributed by atoms with Gasteiger partial charge in [-0.1, -0.05) is 77.6 Å². The van der Waals surface area contributed by atoms with E-state index in [1.165, 1.54) is 44.6 Å². The molecule has 1 aromatic rings. The number of rotatable bonds is 10. The molecule has 23 heavy (non-hydrogen) atoms. The van der Waals surface area contributed by atoms with Gasteiger partial charge in [0.05, 0.1) is 6.61 Å². The molecule has 0 fully saturated rings. The summed E-state index contributed by atoms with van der Waals surface area (Å²) < 4.78 is 19.5. The monoisotopic (exact) mass is 318 g/mol. The highest BCUT2D eigenvalue weighted by Crippen LogP contribution is 2.18. The van der Waals surface area contributed by atoms with E-state index in [-0.39, 0.29) is 11.7 Å². The number of benzene rings is 1. The molecule has 0 aliphatic carbocycles. The standard InChI is InChI=1S/C21H31FO/c1-4-5-6-7-8-9-10-11-16-23-21-15-14-19(17-20(21)22)13-12-18(2)3/h14-15,17-18H,4-11,16H2,1-3H3. The van der Waals surface area contributed by atoms with E-state index in [2.05, 4.69) is 18.8 Å². The topological polar surface area (TPSA) is 9.23 Å². The summed E-state index contributed by atoms with van der Waals surface area (Å²) in [6.45, 7) is 6.86. The fourth-order valence-corrected chi connectivity index (χ4v) is 2.34. The molecule has 0 aliphatic rings. The molecule has 0 unspecified atom stereocenters. The van der Waals surface area contributed by atoms with Gasteiger partial charge in [-0.05, 0) is 24.6 Å². The Morgan fingerprint density at radius 3 is 2.26 bits per heavy atom. The van der Waals surface area contributed by atoms with Crippen molar-refractivity contribution in [2.45, 2.75) is 72.1 Å². The molecule has 0 atom stereocenters. The van der Waals surface area contributed by atoms with E-state index < -0.39 is 0 Å². The van der Waals surface area contributed by atoms with Crippen molar-refractivity contribution in [2.24, 2.45) is 5.92 Å². The summed E-state index contributed by atoms with van der Waals surface area (Å²) in [6.07, 6.45) is 10.0. The maximum atomic E-state index is 13.9. The molecule has 128 valence electrons. The van der Waals surface area contributed by atoms with Crippen molar-refractivity contribution in [1.29, 1.82) is 0 Å². The molecule has 0 bridgehead atoms. The molecule has 1 aromatic carbocycles. The lowest BCUT2D eigenvalue weighted by atomic mass is 10.1. The van der Waals surface area contributed by atoms with E-state index in [1.807, 2.05) is 19.9 Å². The predicted octanol–water partition coefficient (Wildman–Crippen LogP) is 6.35. The highest BCUT2D eigenvalue weighted by molar-refractivity contribution is 5.39. The number of unbranched alkanes of at least 4 members (excludes halogenated alkanes) is 7. The minimum atomic E-state index is -0.319. The van der Waals surface area contributed by atoms with Gasteiger partial charge in [-0.2, -0.15) is 0 Å². The second kappa shape index (κ2) is 12.0. The van der Waals surface area contributed by atoms with Gasteiger partial charge in [0.2, 0.25) is 0 Å². The second-order valence-electron chi connectivity index (χ2n) is 6.39. The van der Waals surface area contributed by atoms with Crippen LogP contribution in [-0.2, 0) is 0 Å². The van der Waals surface area contributed by atoms with Crippen molar-refractivity contribution in [2.75, 3.05) is 6.61 Å². The zero-order valence-corrected chi connectivity index (χ0v) is 15.0. The van der Waals surface area contributed by atoms with Crippen LogP contribution in [-0.4, -0.2) is 6.61 Å². The van der Waals surface area contributed by atoms with Gasteiger partial charge in [-0.15, -0.1) is 0 Å². The third-order valence-electron chi connectivity index (χ3n) is 3.69. The molecule has 1 nitrogen and oxygen atoms in total. The van der Waals surface area contributed by atoms with E-state index in [9.17, 15) is 4.39 Å². The molecule has 0 heterocycles. The van der Waals surface area contributed by atoms with Crippen LogP contribution < -0.4 is 4.74 Å². The fourth-order valence-electron chi connectivity index (χ4n) is 2.34. The summed E-state index contributed by atoms with van der Waals surface area (Å²) in [5.41, 5.74) is 0.704. The normalized spacial score (nSPS) is 10.5. The average Bonchev–Trinajstić information content (AvgIpc) is 2.53. The minimum absolute atomic E-state index is 0.288. The Balaban J connectivity index is 2.22. The van der Waals surface area contributed by atoms with Crippen molar-refractivity contribution >= 4 is 0 Å². The Morgan fingerprint density at radius 1 is 1.00 bits per heavy atom. The summed E-state index contributed by atoms with van der Waals surface area (Å²) in [5, 5.41) is 0. The lowest BCUT2D eigenvalue weighted by Crippen LogP contribution is -1.99. The van der Waals surface area contributed by atoms with Gasteiger partial charge < -0.3 is 4.74 Å². The predicted molar refractivity (Wildman–Crippen MR) is 96.2 cm³/mol. The zero-order chi connectivity index (χ0) is 16.9. The summed E-state index contributed by atoms with van der Waals surface area (Å²) >= 11 is 0. The molecule has 0 aliphatic heterocycles. The van der Waals surface area contributed by atoms with Crippen LogP contribution in [0, 0.1) is 23.6 Å². The van der Waals surface area contributed by atoms with Crippen LogP contribution in [0.5, 0.6) is 5.75 Å². The number of hydrogen-bond donors (Lipinski definition) is 0. The molecule has 0 aromatic heterocycles. The van der Waals surface area contributed by atoms with E-state index in [0.717, 1.165) is 12.8 Å². The summed E-state index contributed by atoms with van der Waals surface area (Å²) in [5.74, 6) is 6.31. The van der Waals surface area contributed by atoms with Crippen LogP contribution in [0.25, 0.3) is 0 Å². The Kier molecular flexibility index (Phi) is 10.2. The van der Waals surface area contributed by atoms with Gasteiger partial charge >= 0.3 is 0 Å². The SMILES string of the molecule is CCCCCCCCCCOc1ccc(C#CC(C)C)cc1F. The maximum Gasteiger partial charge on any atom is 0.166 e. The van der Waals surface area contributed by atoms with Crippen LogP contribution in [0.3, 0.4) is 0 Å². The molecule has 0 N–H and O–H groups in total. The molecule has 0 saturated carbocycles. The van der Waals surface area contributed by atoms with Crippen LogP contribution >= 0.6 is 0 Å². The van der Waals surface area contributed by atoms with E-state index in [4.69, 9.17) is 4.74 Å². The molecule has 0 radical (unpaired) electrons. The fraction of sp³-hybridized carbons (Fsp3) is 0.619. The molecular formula is C21H31FO. The quantitative estimate of drug-likeness (QED) is 0.360. The first kappa shape index (κ1) is 19.6. The lowest BCUT2D eigenvalue weighted by Gasteiger charge is -2.07. The second-order valence-corrected chi connectivity index (χ2v) is 6.39. The average molecular weight is 318 g/mol. The zero-order valence-electron chi connectivity index (χ0n) is 15.0. The van der Waals surface area contributed by atoms with Gasteiger partial charge in [0.1, 0.15) is 0 Å². The van der Waals surface area contributed by atoms with Crippen molar-refractivity contribution in [1.82, 2.24) is 0 Å². The third kappa shape index (κ3) is 9.29. The first-order chi connectivity index (χ1) is 11.1. The van der Waals surface area contributed by atoms with Crippen molar-refractivity contribution < 1.29 is 9.13 Å². The summed E-state index contributed by atoms with van der Waals surface area (Å²) in [7, 11) is 0. The van der Waals surface area contributed by atoms with Crippen molar-refractivity contribution in [3.8, 4) is 17.6 Å². The maximum absolute atomic E-state index is 13.9. The van der Waals surface area contributed by atoms with Crippen LogP contribution in [0.1, 0.15) is 77.7 Å². The van der Waals surface area contributed by atoms with Crippen molar-refractivity contribution in [3.63, 3.8) is 0 Å². The van der Waals surface area contributed by atoms with E-state index in [1.54, 1.807) is 6.07 Å². The highest BCUT2D eigenvalue weighted by Gasteiger charge is 2.03. The smallest absolute Gasteiger partial charge is 0.166 e. The van der Waals surface area contributed by atoms with Gasteiger partial charge in [-0.3, -0.25) is 0 Å². The van der Waals surface area contributed by atoms with Crippen molar-refractivity contribution in [3.05, 3.63) is 29.6 Å². The molecule has 0 saturated heterocycles. The third-order valence-corrected chi connectivity index (χ3v) is 3.69. The van der Waals surface area contributed by atoms with E-state index >= 15 is 0 Å². The van der Waals surface area contributed by atoms with E-state index in [0.29, 0.717) is 17.9 Å². The van der Waals surface area contributed by atoms with Gasteiger partial charge in [0.25, 0.3) is 0 Å². The lowest BCUT2D eigenvalue weighted by molar-refractivity contribution is 0.290. The van der Waals surface area contributed by atoms with Gasteiger partial charge in [0, 0.05) is 11.5 Å². The first-order valence-corrected chi connectivity index (χ1v) is 9.07. The Labute approximate surface area is 141 Å². The van der Waals surface area contributed by atoms with Crippen LogP contribution in [0.2, 0.25) is 0 Å². The number of ether oxygens (including phenoxy) is 1. The Morgan fingerprint density at radius 2 is 1.65 bits per heavy atom. The van der Waals surface area contributed by atoms with Gasteiger partial charge in [0.15, 0.2) is 11.6 Å². The largest absolute Gasteiger partial charge is 0.491 e. The molecule has 1 rings (SSSR count). The summed E-state index contributed by atoms with van der Waals surface area (Å²) in [4.78, 5) is 0. The van der Waals surface area contributed by atoms with Crippen LogP contribution in [0.15, 0.2) is 18.2 Å². The van der Waals surface area contributed by atoms with Crippen LogP contribution in [0.4, 0.5) is 4.39 Å². The molecular weight excluding hydrogens is 287 g/mol. The minimum Gasteiger partial charge on any atom is -0.491 e. The molecule has 0 spiro atoms. The number of halogens is 1. The highest BCUT2D eigenvalue weighted by atomic mass is 19.1. The Hall–Kier alpha value is -1.49. The first-order valence-electron chi connectivity index (χ1n) is 9.07. The number of hydrogen-bond acceptors (Lipinski definition) is 1. The molecule has 2 heteroatoms.